The van der Waals surface area contributed by atoms with E-state index >= 15 is 0 Å². The molecule has 1 aliphatic rings. The number of alkyl halides is 1. The standard InChI is InChI=1S/C31H34ClFN8/c1-30(2,3)18-37-27-20(13-34)15-36-28-24(27)11-21(12-25(28)32)38-29(26-16-41(40-39-26)31(4,5)17-33)23-8-6-7-19-14-35-10-9-22(19)23/h6-12,14-16,29,38-40H,17-18H2,1-5H3,(H,36,37)/t29-/m0/s1. The lowest BCUT2D eigenvalue weighted by atomic mass is 9.96. The third kappa shape index (κ3) is 5.85. The highest BCUT2D eigenvalue weighted by molar-refractivity contribution is 6.35. The normalized spacial score (nSPS) is 14.5. The van der Waals surface area contributed by atoms with Crippen molar-refractivity contribution < 1.29 is 4.39 Å². The molecule has 8 nitrogen and oxygen atoms in total. The lowest BCUT2D eigenvalue weighted by Gasteiger charge is -2.31. The number of pyridine rings is 2. The van der Waals surface area contributed by atoms with E-state index in [-0.39, 0.29) is 11.5 Å². The van der Waals surface area contributed by atoms with Crippen LogP contribution in [0.15, 0.2) is 66.9 Å². The molecule has 41 heavy (non-hydrogen) atoms. The van der Waals surface area contributed by atoms with Crippen molar-refractivity contribution in [2.24, 2.45) is 5.41 Å². The molecule has 0 unspecified atom stereocenters. The molecule has 0 aliphatic carbocycles. The second-order valence-corrected chi connectivity index (χ2v) is 12.5. The molecular weight excluding hydrogens is 539 g/mol. The molecule has 0 spiro atoms. The van der Waals surface area contributed by atoms with E-state index in [1.54, 1.807) is 17.4 Å². The first-order valence-electron chi connectivity index (χ1n) is 13.4. The van der Waals surface area contributed by atoms with Crippen molar-refractivity contribution in [1.29, 1.82) is 5.26 Å². The van der Waals surface area contributed by atoms with Crippen molar-refractivity contribution in [2.45, 2.75) is 46.2 Å². The fourth-order valence-electron chi connectivity index (χ4n) is 4.73. The van der Waals surface area contributed by atoms with E-state index in [1.165, 1.54) is 0 Å². The Morgan fingerprint density at radius 2 is 1.93 bits per heavy atom. The first-order chi connectivity index (χ1) is 19.5. The summed E-state index contributed by atoms with van der Waals surface area (Å²) in [6, 6.07) is 13.7. The highest BCUT2D eigenvalue weighted by atomic mass is 35.5. The van der Waals surface area contributed by atoms with Crippen molar-refractivity contribution in [3.8, 4) is 6.07 Å². The van der Waals surface area contributed by atoms with Crippen LogP contribution in [0.2, 0.25) is 5.02 Å². The number of hydrogen-bond donors (Lipinski definition) is 4. The van der Waals surface area contributed by atoms with Crippen LogP contribution in [-0.2, 0) is 0 Å². The molecule has 0 saturated heterocycles. The van der Waals surface area contributed by atoms with Crippen LogP contribution in [0.1, 0.15) is 51.8 Å². The zero-order valence-corrected chi connectivity index (χ0v) is 24.6. The molecule has 0 saturated carbocycles. The number of nitrogens with zero attached hydrogens (tertiary/aromatic N) is 4. The molecule has 2 aromatic heterocycles. The van der Waals surface area contributed by atoms with Gasteiger partial charge in [0.15, 0.2) is 0 Å². The van der Waals surface area contributed by atoms with Crippen molar-refractivity contribution in [1.82, 2.24) is 25.9 Å². The molecule has 5 rings (SSSR count). The van der Waals surface area contributed by atoms with Gasteiger partial charge >= 0.3 is 0 Å². The number of anilines is 2. The van der Waals surface area contributed by atoms with Crippen LogP contribution in [0.3, 0.4) is 0 Å². The van der Waals surface area contributed by atoms with Gasteiger partial charge in [0.25, 0.3) is 0 Å². The average molecular weight is 573 g/mol. The Hall–Kier alpha value is -4.13. The fraction of sp³-hybridized carbons (Fsp3) is 0.323. The van der Waals surface area contributed by atoms with Gasteiger partial charge in [-0.25, -0.2) is 4.39 Å². The summed E-state index contributed by atoms with van der Waals surface area (Å²) < 4.78 is 13.8. The van der Waals surface area contributed by atoms with Gasteiger partial charge in [0.1, 0.15) is 12.7 Å². The SMILES string of the molecule is CC(C)(C)CNc1c(C#N)cnc2c(Cl)cc(N[C@H](C3=CN(C(C)(C)CF)NN3)c3cccc4cnccc34)cc12. The molecule has 10 heteroatoms. The maximum Gasteiger partial charge on any atom is 0.114 e. The Balaban J connectivity index is 1.64. The largest absolute Gasteiger partial charge is 0.383 e. The van der Waals surface area contributed by atoms with Crippen LogP contribution < -0.4 is 21.6 Å². The van der Waals surface area contributed by atoms with E-state index in [0.717, 1.165) is 33.1 Å². The summed E-state index contributed by atoms with van der Waals surface area (Å²) in [7, 11) is 0. The van der Waals surface area contributed by atoms with E-state index in [1.807, 2.05) is 56.6 Å². The van der Waals surface area contributed by atoms with Gasteiger partial charge in [-0.2, -0.15) is 5.26 Å². The molecule has 0 amide bonds. The molecule has 212 valence electrons. The summed E-state index contributed by atoms with van der Waals surface area (Å²) in [6.07, 6.45) is 7.04. The number of benzene rings is 2. The molecule has 0 bridgehead atoms. The number of halogens is 2. The van der Waals surface area contributed by atoms with Gasteiger partial charge in [0, 0.05) is 47.8 Å². The van der Waals surface area contributed by atoms with Crippen molar-refractivity contribution >= 4 is 44.7 Å². The lowest BCUT2D eigenvalue weighted by molar-refractivity contribution is 0.0936. The Bertz CT molecular complexity index is 1670. The number of hydrazine groups is 2. The zero-order valence-electron chi connectivity index (χ0n) is 23.8. The molecule has 0 fully saturated rings. The van der Waals surface area contributed by atoms with Crippen molar-refractivity contribution in [2.75, 3.05) is 23.9 Å². The zero-order chi connectivity index (χ0) is 29.4. The smallest absolute Gasteiger partial charge is 0.114 e. The molecule has 0 radical (unpaired) electrons. The number of nitrogens with one attached hydrogen (secondary N) is 4. The number of nitriles is 1. The summed E-state index contributed by atoms with van der Waals surface area (Å²) in [4.78, 5) is 8.78. The Kier molecular flexibility index (Phi) is 7.64. The first kappa shape index (κ1) is 28.4. The van der Waals surface area contributed by atoms with Gasteiger partial charge in [-0.15, -0.1) is 5.53 Å². The summed E-state index contributed by atoms with van der Waals surface area (Å²) in [5.74, 6) is 0. The van der Waals surface area contributed by atoms with Crippen molar-refractivity contribution in [3.05, 3.63) is 83.0 Å². The third-order valence-corrected chi connectivity index (χ3v) is 7.34. The maximum absolute atomic E-state index is 13.8. The first-order valence-corrected chi connectivity index (χ1v) is 13.8. The van der Waals surface area contributed by atoms with Gasteiger partial charge < -0.3 is 16.1 Å². The highest BCUT2D eigenvalue weighted by Gasteiger charge is 2.32. The monoisotopic (exact) mass is 572 g/mol. The van der Waals surface area contributed by atoms with E-state index < -0.39 is 12.2 Å². The third-order valence-electron chi connectivity index (χ3n) is 7.06. The molecule has 1 aliphatic heterocycles. The Morgan fingerprint density at radius 3 is 2.66 bits per heavy atom. The topological polar surface area (TPSA) is 101 Å². The van der Waals surface area contributed by atoms with E-state index in [9.17, 15) is 9.65 Å². The van der Waals surface area contributed by atoms with Crippen LogP contribution in [0, 0.1) is 16.7 Å². The van der Waals surface area contributed by atoms with Crippen LogP contribution in [0.25, 0.3) is 21.7 Å². The van der Waals surface area contributed by atoms with Gasteiger partial charge in [0.05, 0.1) is 39.1 Å². The molecule has 4 aromatic rings. The summed E-state index contributed by atoms with van der Waals surface area (Å²) in [5.41, 5.74) is 9.84. The lowest BCUT2D eigenvalue weighted by Crippen LogP contribution is -2.50. The molecular formula is C31H34ClFN8. The average Bonchev–Trinajstić information content (AvgIpc) is 3.45. The Morgan fingerprint density at radius 1 is 1.12 bits per heavy atom. The van der Waals surface area contributed by atoms with Crippen LogP contribution in [0.4, 0.5) is 15.8 Å². The molecule has 3 heterocycles. The van der Waals surface area contributed by atoms with Crippen molar-refractivity contribution in [3.63, 3.8) is 0 Å². The van der Waals surface area contributed by atoms with Crippen LogP contribution in [-0.4, -0.2) is 33.7 Å². The van der Waals surface area contributed by atoms with Crippen LogP contribution >= 0.6 is 11.6 Å². The number of fused-ring (bicyclic) bond motifs is 2. The second-order valence-electron chi connectivity index (χ2n) is 12.1. The maximum atomic E-state index is 13.8. The van der Waals surface area contributed by atoms with E-state index in [0.29, 0.717) is 28.3 Å². The van der Waals surface area contributed by atoms with Gasteiger partial charge in [-0.3, -0.25) is 15.0 Å². The van der Waals surface area contributed by atoms with Gasteiger partial charge in [-0.1, -0.05) is 50.6 Å². The van der Waals surface area contributed by atoms with Gasteiger partial charge in [-0.05, 0) is 48.4 Å². The second kappa shape index (κ2) is 11.0. The quantitative estimate of drug-likeness (QED) is 0.182. The number of aromatic nitrogens is 2. The molecule has 2 aromatic carbocycles. The fourth-order valence-corrected chi connectivity index (χ4v) is 4.99. The highest BCUT2D eigenvalue weighted by Crippen LogP contribution is 2.37. The summed E-state index contributed by atoms with van der Waals surface area (Å²) in [5, 5.41) is 21.9. The van der Waals surface area contributed by atoms with Gasteiger partial charge in [0.2, 0.25) is 0 Å². The summed E-state index contributed by atoms with van der Waals surface area (Å²) >= 11 is 6.79. The molecule has 1 atom stereocenters. The van der Waals surface area contributed by atoms with E-state index in [2.05, 4.69) is 64.5 Å². The minimum atomic E-state index is -0.763. The van der Waals surface area contributed by atoms with Crippen LogP contribution in [0.5, 0.6) is 0 Å². The predicted octanol–water partition coefficient (Wildman–Crippen LogP) is 6.83. The molecule has 4 N–H and O–H groups in total. The number of hydrogen-bond acceptors (Lipinski definition) is 8. The minimum Gasteiger partial charge on any atom is -0.383 e. The summed E-state index contributed by atoms with van der Waals surface area (Å²) in [6.45, 7) is 10.1. The minimum absolute atomic E-state index is 0.0107. The predicted molar refractivity (Wildman–Crippen MR) is 164 cm³/mol. The number of rotatable bonds is 8. The van der Waals surface area contributed by atoms with E-state index in [4.69, 9.17) is 11.6 Å². The Labute approximate surface area is 244 Å².